The Labute approximate surface area is 119 Å². The van der Waals surface area contributed by atoms with Crippen LogP contribution in [0.4, 0.5) is 11.4 Å². The topological polar surface area (TPSA) is 81.5 Å². The van der Waals surface area contributed by atoms with Crippen molar-refractivity contribution in [3.63, 3.8) is 0 Å². The molecule has 2 rings (SSSR count). The molecule has 20 heavy (non-hydrogen) atoms. The molecule has 0 aliphatic heterocycles. The van der Waals surface area contributed by atoms with Crippen LogP contribution in [0.2, 0.25) is 0 Å². The summed E-state index contributed by atoms with van der Waals surface area (Å²) >= 11 is 5.28. The standard InChI is InChI=1S/C13H9ClN2O4/c14-20-12-4-2-1-3-11(12)13(17)15-9-5-7-10(8-6-9)16(18)19/h1-8H,(H,15,17). The number of halogens is 1. The molecule has 0 bridgehead atoms. The zero-order valence-corrected chi connectivity index (χ0v) is 10.8. The number of para-hydroxylation sites is 1. The van der Waals surface area contributed by atoms with E-state index in [-0.39, 0.29) is 17.0 Å². The molecule has 1 N–H and O–H groups in total. The number of hydrogen-bond donors (Lipinski definition) is 1. The Bertz CT molecular complexity index is 643. The van der Waals surface area contributed by atoms with Crippen LogP contribution < -0.4 is 9.61 Å². The zero-order chi connectivity index (χ0) is 14.5. The van der Waals surface area contributed by atoms with E-state index in [2.05, 4.69) is 9.61 Å². The third-order valence-electron chi connectivity index (χ3n) is 2.55. The number of carbonyl (C=O) groups is 1. The van der Waals surface area contributed by atoms with Crippen molar-refractivity contribution in [3.8, 4) is 5.75 Å². The van der Waals surface area contributed by atoms with Gasteiger partial charge in [0.25, 0.3) is 11.6 Å². The number of anilines is 1. The summed E-state index contributed by atoms with van der Waals surface area (Å²) in [7, 11) is 0. The molecule has 2 aromatic rings. The SMILES string of the molecule is O=C(Nc1ccc([N+](=O)[O-])cc1)c1ccccc1OCl. The summed E-state index contributed by atoms with van der Waals surface area (Å²) in [6.45, 7) is 0. The molecule has 6 nitrogen and oxygen atoms in total. The lowest BCUT2D eigenvalue weighted by Gasteiger charge is -2.07. The van der Waals surface area contributed by atoms with Crippen molar-refractivity contribution in [2.45, 2.75) is 0 Å². The van der Waals surface area contributed by atoms with E-state index in [4.69, 9.17) is 11.9 Å². The van der Waals surface area contributed by atoms with E-state index in [1.807, 2.05) is 0 Å². The van der Waals surface area contributed by atoms with Crippen molar-refractivity contribution in [1.82, 2.24) is 0 Å². The summed E-state index contributed by atoms with van der Waals surface area (Å²) in [5.74, 6) is -0.191. The number of amides is 1. The van der Waals surface area contributed by atoms with Crippen LogP contribution in [-0.4, -0.2) is 10.8 Å². The number of hydrogen-bond acceptors (Lipinski definition) is 4. The summed E-state index contributed by atoms with van der Waals surface area (Å²) in [5, 5.41) is 13.1. The van der Waals surface area contributed by atoms with Crippen LogP contribution in [0, 0.1) is 10.1 Å². The lowest BCUT2D eigenvalue weighted by molar-refractivity contribution is -0.384. The number of nitro groups is 1. The minimum atomic E-state index is -0.512. The van der Waals surface area contributed by atoms with Gasteiger partial charge in [0.15, 0.2) is 5.75 Å². The average molecular weight is 293 g/mol. The first-order chi connectivity index (χ1) is 9.61. The molecule has 1 amide bonds. The van der Waals surface area contributed by atoms with Crippen molar-refractivity contribution >= 4 is 29.1 Å². The molecule has 0 saturated carbocycles. The maximum atomic E-state index is 12.0. The number of nitro benzene ring substituents is 1. The van der Waals surface area contributed by atoms with Gasteiger partial charge in [-0.05, 0) is 24.3 Å². The number of benzene rings is 2. The van der Waals surface area contributed by atoms with Crippen molar-refractivity contribution in [3.05, 3.63) is 64.2 Å². The molecule has 0 saturated heterocycles. The van der Waals surface area contributed by atoms with Crippen LogP contribution in [0.25, 0.3) is 0 Å². The van der Waals surface area contributed by atoms with E-state index < -0.39 is 10.8 Å². The number of non-ortho nitro benzene ring substituents is 1. The molecular weight excluding hydrogens is 284 g/mol. The van der Waals surface area contributed by atoms with Gasteiger partial charge < -0.3 is 9.61 Å². The predicted molar refractivity (Wildman–Crippen MR) is 74.0 cm³/mol. The van der Waals surface area contributed by atoms with Crippen LogP contribution in [-0.2, 0) is 0 Å². The van der Waals surface area contributed by atoms with Gasteiger partial charge in [0.2, 0.25) is 0 Å². The van der Waals surface area contributed by atoms with E-state index in [0.717, 1.165) is 0 Å². The van der Waals surface area contributed by atoms with Crippen molar-refractivity contribution in [1.29, 1.82) is 0 Å². The number of carbonyl (C=O) groups excluding carboxylic acids is 1. The second-order valence-electron chi connectivity index (χ2n) is 3.83. The van der Waals surface area contributed by atoms with Gasteiger partial charge in [-0.15, -0.1) is 0 Å². The maximum absolute atomic E-state index is 12.0. The van der Waals surface area contributed by atoms with Crippen LogP contribution >= 0.6 is 11.9 Å². The second-order valence-corrected chi connectivity index (χ2v) is 3.99. The van der Waals surface area contributed by atoms with Gasteiger partial charge in [0, 0.05) is 17.8 Å². The van der Waals surface area contributed by atoms with Gasteiger partial charge in [0.05, 0.1) is 10.5 Å². The van der Waals surface area contributed by atoms with Gasteiger partial charge in [-0.1, -0.05) is 12.1 Å². The minimum Gasteiger partial charge on any atom is -0.385 e. The lowest BCUT2D eigenvalue weighted by atomic mass is 10.2. The number of nitrogens with one attached hydrogen (secondary N) is 1. The highest BCUT2D eigenvalue weighted by atomic mass is 35.5. The Morgan fingerprint density at radius 1 is 1.15 bits per heavy atom. The first-order valence-electron chi connectivity index (χ1n) is 5.55. The highest BCUT2D eigenvalue weighted by molar-refractivity contribution is 6.11. The summed E-state index contributed by atoms with van der Waals surface area (Å²) in [5.41, 5.74) is 0.651. The third-order valence-corrected chi connectivity index (χ3v) is 2.72. The molecule has 0 spiro atoms. The molecule has 0 heterocycles. The minimum absolute atomic E-state index is 0.0486. The van der Waals surface area contributed by atoms with E-state index in [1.165, 1.54) is 24.3 Å². The normalized spacial score (nSPS) is 9.85. The third kappa shape index (κ3) is 3.04. The fraction of sp³-hybridized carbons (Fsp3) is 0. The van der Waals surface area contributed by atoms with Gasteiger partial charge in [-0.2, -0.15) is 0 Å². The van der Waals surface area contributed by atoms with Gasteiger partial charge >= 0.3 is 0 Å². The highest BCUT2D eigenvalue weighted by Gasteiger charge is 2.13. The lowest BCUT2D eigenvalue weighted by Crippen LogP contribution is -2.12. The summed E-state index contributed by atoms with van der Waals surface area (Å²) in [6, 6.07) is 12.0. The molecule has 0 radical (unpaired) electrons. The van der Waals surface area contributed by atoms with Crippen molar-refractivity contribution in [2.75, 3.05) is 5.32 Å². The van der Waals surface area contributed by atoms with Crippen molar-refractivity contribution < 1.29 is 14.0 Å². The number of rotatable bonds is 4. The molecule has 0 unspecified atom stereocenters. The first kappa shape index (κ1) is 13.8. The van der Waals surface area contributed by atoms with Crippen LogP contribution in [0.3, 0.4) is 0 Å². The van der Waals surface area contributed by atoms with E-state index in [9.17, 15) is 14.9 Å². The molecule has 0 aliphatic rings. The highest BCUT2D eigenvalue weighted by Crippen LogP contribution is 2.21. The van der Waals surface area contributed by atoms with Gasteiger partial charge in [-0.25, -0.2) is 0 Å². The quantitative estimate of drug-likeness (QED) is 0.692. The Kier molecular flexibility index (Phi) is 4.17. The second kappa shape index (κ2) is 6.03. The molecule has 7 heteroatoms. The van der Waals surface area contributed by atoms with E-state index in [0.29, 0.717) is 5.69 Å². The molecule has 102 valence electrons. The summed E-state index contributed by atoms with van der Waals surface area (Å²) in [6.07, 6.45) is 0. The number of nitrogens with zero attached hydrogens (tertiary/aromatic N) is 1. The molecule has 0 fully saturated rings. The Morgan fingerprint density at radius 3 is 2.40 bits per heavy atom. The zero-order valence-electron chi connectivity index (χ0n) is 10.1. The fourth-order valence-corrected chi connectivity index (χ4v) is 1.72. The maximum Gasteiger partial charge on any atom is 0.269 e. The fourth-order valence-electron chi connectivity index (χ4n) is 1.59. The van der Waals surface area contributed by atoms with Crippen LogP contribution in [0.15, 0.2) is 48.5 Å². The molecule has 2 aromatic carbocycles. The monoisotopic (exact) mass is 292 g/mol. The van der Waals surface area contributed by atoms with E-state index >= 15 is 0 Å². The average Bonchev–Trinajstić information content (AvgIpc) is 2.47. The van der Waals surface area contributed by atoms with Crippen molar-refractivity contribution in [2.24, 2.45) is 0 Å². The summed E-state index contributed by atoms with van der Waals surface area (Å²) < 4.78 is 4.58. The molecule has 0 aliphatic carbocycles. The largest absolute Gasteiger partial charge is 0.385 e. The Morgan fingerprint density at radius 2 is 1.80 bits per heavy atom. The van der Waals surface area contributed by atoms with Gasteiger partial charge in [-0.3, -0.25) is 14.9 Å². The molecule has 0 aromatic heterocycles. The van der Waals surface area contributed by atoms with Crippen LogP contribution in [0.1, 0.15) is 10.4 Å². The van der Waals surface area contributed by atoms with Crippen LogP contribution in [0.5, 0.6) is 5.75 Å². The molecule has 0 atom stereocenters. The van der Waals surface area contributed by atoms with Gasteiger partial charge in [0.1, 0.15) is 11.9 Å². The van der Waals surface area contributed by atoms with E-state index in [1.54, 1.807) is 24.3 Å². The molecular formula is C13H9ClN2O4. The predicted octanol–water partition coefficient (Wildman–Crippen LogP) is 3.38. The first-order valence-corrected chi connectivity index (χ1v) is 5.86. The Hall–Kier alpha value is -2.60. The Balaban J connectivity index is 2.17. The summed E-state index contributed by atoms with van der Waals surface area (Å²) in [4.78, 5) is 22.0. The smallest absolute Gasteiger partial charge is 0.269 e.